The summed E-state index contributed by atoms with van der Waals surface area (Å²) in [6, 6.07) is 0. The molecule has 0 radical (unpaired) electrons. The minimum absolute atomic E-state index is 0. The fourth-order valence-electron chi connectivity index (χ4n) is 6.56. The third-order valence-corrected chi connectivity index (χ3v) is 9.32. The summed E-state index contributed by atoms with van der Waals surface area (Å²) in [7, 11) is 0. The van der Waals surface area contributed by atoms with E-state index in [2.05, 4.69) is 125 Å². The Kier molecular flexibility index (Phi) is 19.0. The second-order valence-corrected chi connectivity index (χ2v) is 18.5. The summed E-state index contributed by atoms with van der Waals surface area (Å²) >= 11 is 0. The number of aromatic nitrogens is 4. The van der Waals surface area contributed by atoms with E-state index < -0.39 is 0 Å². The smallest absolute Gasteiger partial charge is 0.442 e. The number of imidazole rings is 2. The molecule has 0 aliphatic carbocycles. The molecular formula is C42H76CaN4O. The van der Waals surface area contributed by atoms with Gasteiger partial charge in [-0.15, -0.1) is 0 Å². The second-order valence-electron chi connectivity index (χ2n) is 18.5. The number of hydrogen-bond acceptors (Lipinski definition) is 3. The first kappa shape index (κ1) is 47.4. The van der Waals surface area contributed by atoms with Crippen LogP contribution in [0.5, 0.6) is 0 Å². The van der Waals surface area contributed by atoms with Crippen LogP contribution >= 0.6 is 0 Å². The van der Waals surface area contributed by atoms with E-state index in [9.17, 15) is 0 Å². The summed E-state index contributed by atoms with van der Waals surface area (Å²) in [6.07, 6.45) is 13.4. The maximum atomic E-state index is 5.01. The molecule has 0 N–H and O–H groups in total. The molecule has 0 saturated carbocycles. The Bertz CT molecular complexity index is 1070. The molecule has 0 atom stereocenters. The standard InChI is InChI=1S/2C19H35N2.C4H6O.Ca/c2*1-10-12-18(6,7)14-15(19(8,9)13-11-2)21-16(20-14)17(3,4)5;1-2-4-5-3-1;/h2*10-13H2,1-9H3;1-2H,3-4H2;/q2*-1;;+2. The molecule has 2 aromatic heterocycles. The number of hydrogen-bond donors (Lipinski definition) is 0. The van der Waals surface area contributed by atoms with Crippen molar-refractivity contribution in [2.75, 3.05) is 13.2 Å². The van der Waals surface area contributed by atoms with E-state index >= 15 is 0 Å². The zero-order chi connectivity index (χ0) is 36.5. The predicted molar refractivity (Wildman–Crippen MR) is 210 cm³/mol. The second kappa shape index (κ2) is 19.3. The van der Waals surface area contributed by atoms with Crippen LogP contribution in [0.15, 0.2) is 12.2 Å². The molecule has 0 amide bonds. The van der Waals surface area contributed by atoms with Gasteiger partial charge in [0.2, 0.25) is 0 Å². The van der Waals surface area contributed by atoms with Gasteiger partial charge in [0.1, 0.15) is 0 Å². The molecular weight excluding hydrogens is 617 g/mol. The zero-order valence-electron chi connectivity index (χ0n) is 35.1. The monoisotopic (exact) mass is 693 g/mol. The number of ether oxygens (including phenoxy) is 1. The predicted octanol–water partition coefficient (Wildman–Crippen LogP) is 11.2. The van der Waals surface area contributed by atoms with E-state index in [-0.39, 0.29) is 70.2 Å². The van der Waals surface area contributed by atoms with Crippen molar-refractivity contribution in [3.05, 3.63) is 46.6 Å². The number of nitrogens with zero attached hydrogens (tertiary/aromatic N) is 4. The van der Waals surface area contributed by atoms with E-state index in [0.717, 1.165) is 50.5 Å². The summed E-state index contributed by atoms with van der Waals surface area (Å²) in [4.78, 5) is 20.0. The van der Waals surface area contributed by atoms with E-state index in [1.54, 1.807) is 0 Å². The van der Waals surface area contributed by atoms with Crippen LogP contribution in [0.2, 0.25) is 0 Å². The first-order valence-electron chi connectivity index (χ1n) is 18.8. The van der Waals surface area contributed by atoms with Crippen LogP contribution in [-0.4, -0.2) is 60.9 Å². The summed E-state index contributed by atoms with van der Waals surface area (Å²) in [5, 5.41) is 0. The molecule has 3 rings (SSSR count). The van der Waals surface area contributed by atoms with E-state index in [0.29, 0.717) is 0 Å². The third kappa shape index (κ3) is 13.8. The van der Waals surface area contributed by atoms with E-state index in [1.807, 2.05) is 12.2 Å². The van der Waals surface area contributed by atoms with Gasteiger partial charge < -0.3 is 24.7 Å². The molecule has 0 bridgehead atoms. The Morgan fingerprint density at radius 3 is 0.979 bits per heavy atom. The maximum Gasteiger partial charge on any atom is 2.00 e. The Morgan fingerprint density at radius 1 is 0.500 bits per heavy atom. The maximum absolute atomic E-state index is 5.01. The van der Waals surface area contributed by atoms with Crippen molar-refractivity contribution >= 4 is 37.7 Å². The molecule has 0 unspecified atom stereocenters. The molecule has 3 heterocycles. The average Bonchev–Trinajstić information content (AvgIpc) is 3.70. The van der Waals surface area contributed by atoms with Crippen molar-refractivity contribution in [1.82, 2.24) is 19.9 Å². The fraction of sp³-hybridized carbons (Fsp3) is 0.810. The normalized spacial score (nSPS) is 14.2. The Labute approximate surface area is 328 Å². The van der Waals surface area contributed by atoms with Crippen LogP contribution in [0, 0.1) is 0 Å². The SMILES string of the molecule is C1=CCOC1.CCCC(C)(C)c1nc(C(C)(C)C)[n-]c1C(C)(C)CCC.CCCC(C)(C)c1nc(C(C)(C)C)[n-]c1C(C)(C)CCC.[Ca+2]. The molecule has 5 nitrogen and oxygen atoms in total. The van der Waals surface area contributed by atoms with Gasteiger partial charge in [-0.3, -0.25) is 0 Å². The van der Waals surface area contributed by atoms with Gasteiger partial charge in [0.15, 0.2) is 0 Å². The van der Waals surface area contributed by atoms with Crippen molar-refractivity contribution in [1.29, 1.82) is 0 Å². The van der Waals surface area contributed by atoms with Gasteiger partial charge in [0.25, 0.3) is 0 Å². The van der Waals surface area contributed by atoms with Crippen molar-refractivity contribution < 1.29 is 4.74 Å². The Balaban J connectivity index is 0.000000786. The third-order valence-electron chi connectivity index (χ3n) is 9.32. The van der Waals surface area contributed by atoms with Gasteiger partial charge in [0.05, 0.1) is 13.2 Å². The molecule has 0 saturated heterocycles. The number of rotatable bonds is 12. The van der Waals surface area contributed by atoms with E-state index in [1.165, 1.54) is 48.5 Å². The van der Waals surface area contributed by atoms with Gasteiger partial charge in [-0.2, -0.15) is 0 Å². The summed E-state index contributed by atoms with van der Waals surface area (Å²) in [6.45, 7) is 42.4. The molecule has 48 heavy (non-hydrogen) atoms. The Morgan fingerprint density at radius 2 is 0.771 bits per heavy atom. The largest absolute Gasteiger partial charge is 2.00 e. The quantitative estimate of drug-likeness (QED) is 0.164. The molecule has 1 aliphatic heterocycles. The summed E-state index contributed by atoms with van der Waals surface area (Å²) in [5.74, 6) is 2.00. The van der Waals surface area contributed by atoms with Crippen LogP contribution in [0.25, 0.3) is 0 Å². The molecule has 1 aliphatic rings. The van der Waals surface area contributed by atoms with Crippen molar-refractivity contribution in [2.24, 2.45) is 0 Å². The van der Waals surface area contributed by atoms with Gasteiger partial charge >= 0.3 is 37.7 Å². The fourth-order valence-corrected chi connectivity index (χ4v) is 6.56. The van der Waals surface area contributed by atoms with Crippen LogP contribution in [0.1, 0.15) is 210 Å². The minimum atomic E-state index is 0. The van der Waals surface area contributed by atoms with Crippen molar-refractivity contribution in [3.63, 3.8) is 0 Å². The molecule has 0 aromatic carbocycles. The van der Waals surface area contributed by atoms with Crippen molar-refractivity contribution in [2.45, 2.75) is 208 Å². The van der Waals surface area contributed by atoms with Crippen molar-refractivity contribution in [3.8, 4) is 0 Å². The molecule has 0 spiro atoms. The average molecular weight is 693 g/mol. The van der Waals surface area contributed by atoms with Crippen LogP contribution in [0.3, 0.4) is 0 Å². The first-order chi connectivity index (χ1) is 21.4. The zero-order valence-corrected chi connectivity index (χ0v) is 37.3. The van der Waals surface area contributed by atoms with Crippen LogP contribution in [0.4, 0.5) is 0 Å². The first-order valence-corrected chi connectivity index (χ1v) is 18.8. The van der Waals surface area contributed by atoms with Gasteiger partial charge in [-0.05, 0) is 58.2 Å². The Hall–Kier alpha value is -0.620. The molecule has 6 heteroatoms. The van der Waals surface area contributed by atoms with Gasteiger partial charge in [-0.25, -0.2) is 0 Å². The molecule has 0 fully saturated rings. The van der Waals surface area contributed by atoms with Crippen LogP contribution < -0.4 is 9.97 Å². The van der Waals surface area contributed by atoms with Crippen LogP contribution in [-0.2, 0) is 37.2 Å². The summed E-state index contributed by atoms with van der Waals surface area (Å²) in [5.41, 5.74) is 5.35. The van der Waals surface area contributed by atoms with Gasteiger partial charge in [0, 0.05) is 0 Å². The molecule has 272 valence electrons. The molecule has 2 aromatic rings. The minimum Gasteiger partial charge on any atom is -0.442 e. The topological polar surface area (TPSA) is 63.2 Å². The summed E-state index contributed by atoms with van der Waals surface area (Å²) < 4.78 is 4.83. The van der Waals surface area contributed by atoms with E-state index in [4.69, 9.17) is 24.7 Å². The van der Waals surface area contributed by atoms with Gasteiger partial charge in [-0.1, -0.05) is 197 Å².